The molecular formula is C23H20F2N6O2. The lowest BCUT2D eigenvalue weighted by molar-refractivity contribution is -0.210. The van der Waals surface area contributed by atoms with Crippen LogP contribution in [0.5, 0.6) is 0 Å². The molecule has 0 radical (unpaired) electrons. The van der Waals surface area contributed by atoms with Gasteiger partial charge in [-0.05, 0) is 24.3 Å². The van der Waals surface area contributed by atoms with E-state index in [1.54, 1.807) is 35.3 Å². The fraction of sp³-hybridized carbons (Fsp3) is 0.348. The summed E-state index contributed by atoms with van der Waals surface area (Å²) in [5, 5.41) is 5.16. The Bertz CT molecular complexity index is 1390. The quantitative estimate of drug-likeness (QED) is 0.467. The molecular weight excluding hydrogens is 430 g/mol. The molecule has 0 aliphatic carbocycles. The number of aryl methyl sites for hydroxylation is 1. The van der Waals surface area contributed by atoms with Gasteiger partial charge < -0.3 is 9.64 Å². The number of alkyl halides is 2. The fourth-order valence-corrected chi connectivity index (χ4v) is 4.67. The van der Waals surface area contributed by atoms with E-state index < -0.39 is 17.8 Å². The third-order valence-corrected chi connectivity index (χ3v) is 6.45. The second-order valence-electron chi connectivity index (χ2n) is 8.71. The zero-order valence-corrected chi connectivity index (χ0v) is 17.8. The number of carbonyl (C=O) groups is 1. The number of ether oxygens (including phenoxy) is 1. The van der Waals surface area contributed by atoms with Crippen LogP contribution in [0.15, 0.2) is 42.9 Å². The minimum Gasteiger partial charge on any atom is -0.380 e. The van der Waals surface area contributed by atoms with Gasteiger partial charge in [0, 0.05) is 49.0 Å². The van der Waals surface area contributed by atoms with E-state index in [1.807, 2.05) is 19.3 Å². The van der Waals surface area contributed by atoms with Gasteiger partial charge in [0.2, 0.25) is 0 Å². The molecule has 2 bridgehead atoms. The number of rotatable bonds is 2. The van der Waals surface area contributed by atoms with Crippen LogP contribution in [0.25, 0.3) is 33.3 Å². The van der Waals surface area contributed by atoms with Crippen molar-refractivity contribution in [2.24, 2.45) is 18.9 Å². The van der Waals surface area contributed by atoms with Crippen molar-refractivity contribution in [2.45, 2.75) is 5.92 Å². The number of nitrogens with zero attached hydrogens (tertiary/aromatic N) is 6. The van der Waals surface area contributed by atoms with Gasteiger partial charge in [0.1, 0.15) is 0 Å². The van der Waals surface area contributed by atoms with Gasteiger partial charge in [0.25, 0.3) is 11.8 Å². The molecule has 2 fully saturated rings. The number of amides is 1. The largest absolute Gasteiger partial charge is 0.380 e. The molecule has 10 heteroatoms. The lowest BCUT2D eigenvalue weighted by atomic mass is 9.83. The molecule has 2 aliphatic heterocycles. The third kappa shape index (κ3) is 3.32. The molecule has 0 unspecified atom stereocenters. The molecule has 1 aromatic carbocycles. The van der Waals surface area contributed by atoms with E-state index in [-0.39, 0.29) is 32.2 Å². The average Bonchev–Trinajstić information content (AvgIpc) is 3.16. The minimum atomic E-state index is -2.80. The molecule has 1 amide bonds. The van der Waals surface area contributed by atoms with Gasteiger partial charge in [-0.25, -0.2) is 18.7 Å². The van der Waals surface area contributed by atoms with Crippen LogP contribution in [0.1, 0.15) is 10.4 Å². The van der Waals surface area contributed by atoms with Gasteiger partial charge in [-0.1, -0.05) is 0 Å². The van der Waals surface area contributed by atoms with Crippen molar-refractivity contribution in [3.05, 3.63) is 48.4 Å². The summed E-state index contributed by atoms with van der Waals surface area (Å²) in [6.07, 6.45) is 5.23. The Balaban J connectivity index is 1.32. The summed E-state index contributed by atoms with van der Waals surface area (Å²) in [7, 11) is 1.83. The highest BCUT2D eigenvalue weighted by Crippen LogP contribution is 2.41. The van der Waals surface area contributed by atoms with Gasteiger partial charge in [-0.15, -0.1) is 0 Å². The van der Waals surface area contributed by atoms with E-state index in [4.69, 9.17) is 4.74 Å². The van der Waals surface area contributed by atoms with Crippen molar-refractivity contribution < 1.29 is 18.3 Å². The Hall–Kier alpha value is -3.53. The molecule has 3 aromatic heterocycles. The van der Waals surface area contributed by atoms with Gasteiger partial charge in [-0.3, -0.25) is 14.5 Å². The van der Waals surface area contributed by atoms with Gasteiger partial charge in [0.15, 0.2) is 5.65 Å². The van der Waals surface area contributed by atoms with Crippen LogP contribution in [0, 0.1) is 11.8 Å². The summed E-state index contributed by atoms with van der Waals surface area (Å²) in [5.74, 6) is -5.04. The SMILES string of the molecule is Cn1cc2cc(-c3cnc4ccc(C(=O)N5C[C@H]6COC[C@H](C5)C6(F)F)cc4n3)cnc2n1. The van der Waals surface area contributed by atoms with E-state index in [2.05, 4.69) is 20.1 Å². The predicted molar refractivity (Wildman–Crippen MR) is 116 cm³/mol. The maximum Gasteiger partial charge on any atom is 0.261 e. The summed E-state index contributed by atoms with van der Waals surface area (Å²) in [5.41, 5.74) is 3.64. The van der Waals surface area contributed by atoms with Crippen LogP contribution in [0.4, 0.5) is 8.78 Å². The van der Waals surface area contributed by atoms with Crippen LogP contribution in [0.3, 0.4) is 0 Å². The normalized spacial score (nSPS) is 22.1. The first kappa shape index (κ1) is 20.1. The molecule has 4 aromatic rings. The average molecular weight is 450 g/mol. The second kappa shape index (κ2) is 7.24. The summed E-state index contributed by atoms with van der Waals surface area (Å²) in [4.78, 5) is 28.2. The predicted octanol–water partition coefficient (Wildman–Crippen LogP) is 2.93. The standard InChI is InChI=1S/C23H20F2N6O2/c1-30-8-15-4-14(6-27-21(15)29-30)20-7-26-18-3-2-13(5-19(18)28-20)22(32)31-9-16-11-33-12-17(10-31)23(16,24)25/h2-8,16-17H,9-12H2,1H3/t16-,17-/m0/s1. The third-order valence-electron chi connectivity index (χ3n) is 6.45. The molecule has 5 heterocycles. The van der Waals surface area contributed by atoms with E-state index >= 15 is 0 Å². The van der Waals surface area contributed by atoms with Crippen molar-refractivity contribution in [1.29, 1.82) is 0 Å². The zero-order valence-electron chi connectivity index (χ0n) is 17.8. The molecule has 33 heavy (non-hydrogen) atoms. The van der Waals surface area contributed by atoms with E-state index in [0.717, 1.165) is 10.9 Å². The Morgan fingerprint density at radius 1 is 1.09 bits per heavy atom. The maximum atomic E-state index is 14.4. The van der Waals surface area contributed by atoms with Crippen molar-refractivity contribution >= 4 is 28.0 Å². The fourth-order valence-electron chi connectivity index (χ4n) is 4.67. The highest BCUT2D eigenvalue weighted by molar-refractivity contribution is 5.97. The molecule has 0 spiro atoms. The first-order valence-electron chi connectivity index (χ1n) is 10.7. The number of carbonyl (C=O) groups excluding carboxylic acids is 1. The van der Waals surface area contributed by atoms with Gasteiger partial charge >= 0.3 is 0 Å². The summed E-state index contributed by atoms with van der Waals surface area (Å²) < 4.78 is 35.8. The first-order chi connectivity index (χ1) is 15.9. The number of fused-ring (bicyclic) bond motifs is 4. The second-order valence-corrected chi connectivity index (χ2v) is 8.71. The highest BCUT2D eigenvalue weighted by Gasteiger charge is 2.54. The van der Waals surface area contributed by atoms with Crippen LogP contribution < -0.4 is 0 Å². The highest BCUT2D eigenvalue weighted by atomic mass is 19.3. The lowest BCUT2D eigenvalue weighted by Gasteiger charge is -2.46. The van der Waals surface area contributed by atoms with E-state index in [1.165, 1.54) is 4.90 Å². The Morgan fingerprint density at radius 3 is 2.67 bits per heavy atom. The Kier molecular flexibility index (Phi) is 4.41. The van der Waals surface area contributed by atoms with E-state index in [9.17, 15) is 13.6 Å². The number of pyridine rings is 1. The van der Waals surface area contributed by atoms with Crippen molar-refractivity contribution in [3.63, 3.8) is 0 Å². The van der Waals surface area contributed by atoms with Crippen molar-refractivity contribution in [1.82, 2.24) is 29.6 Å². The molecule has 2 aliphatic rings. The number of benzene rings is 1. The van der Waals surface area contributed by atoms with Crippen LogP contribution in [-0.4, -0.2) is 67.8 Å². The summed E-state index contributed by atoms with van der Waals surface area (Å²) in [6.45, 7) is -0.115. The van der Waals surface area contributed by atoms with Crippen LogP contribution in [-0.2, 0) is 11.8 Å². The molecule has 2 saturated heterocycles. The Labute approximate surface area is 187 Å². The number of hydrogen-bond donors (Lipinski definition) is 0. The van der Waals surface area contributed by atoms with Crippen LogP contribution in [0.2, 0.25) is 0 Å². The maximum absolute atomic E-state index is 14.4. The van der Waals surface area contributed by atoms with Gasteiger partial charge in [0.05, 0.1) is 48.0 Å². The Morgan fingerprint density at radius 2 is 1.88 bits per heavy atom. The minimum absolute atomic E-state index is 0.0249. The molecule has 0 saturated carbocycles. The molecule has 0 N–H and O–H groups in total. The van der Waals surface area contributed by atoms with Crippen LogP contribution >= 0.6 is 0 Å². The zero-order chi connectivity index (χ0) is 22.7. The number of piperidine rings is 1. The summed E-state index contributed by atoms with van der Waals surface area (Å²) in [6, 6.07) is 7.00. The smallest absolute Gasteiger partial charge is 0.261 e. The van der Waals surface area contributed by atoms with Gasteiger partial charge in [-0.2, -0.15) is 5.10 Å². The monoisotopic (exact) mass is 450 g/mol. The number of likely N-dealkylation sites (tertiary alicyclic amines) is 1. The molecule has 8 nitrogen and oxygen atoms in total. The molecule has 168 valence electrons. The van der Waals surface area contributed by atoms with Crippen molar-refractivity contribution in [3.8, 4) is 11.3 Å². The number of aromatic nitrogens is 5. The van der Waals surface area contributed by atoms with E-state index in [0.29, 0.717) is 27.9 Å². The van der Waals surface area contributed by atoms with Crippen molar-refractivity contribution in [2.75, 3.05) is 26.3 Å². The lowest BCUT2D eigenvalue weighted by Crippen LogP contribution is -2.60. The number of hydrogen-bond acceptors (Lipinski definition) is 6. The topological polar surface area (TPSA) is 86.0 Å². The first-order valence-corrected chi connectivity index (χ1v) is 10.7. The molecule has 6 rings (SSSR count). The number of halogens is 2. The summed E-state index contributed by atoms with van der Waals surface area (Å²) >= 11 is 0. The molecule has 2 atom stereocenters.